The van der Waals surface area contributed by atoms with Crippen LogP contribution in [-0.4, -0.2) is 18.4 Å². The van der Waals surface area contributed by atoms with Crippen molar-refractivity contribution in [2.75, 3.05) is 6.61 Å². The molecular weight excluding hydrogens is 476 g/mol. The third kappa shape index (κ3) is 5.42. The molecule has 5 nitrogen and oxygen atoms in total. The highest BCUT2D eigenvalue weighted by molar-refractivity contribution is 6.07. The zero-order valence-corrected chi connectivity index (χ0v) is 21.1. The van der Waals surface area contributed by atoms with Gasteiger partial charge in [-0.05, 0) is 66.9 Å². The molecule has 0 fully saturated rings. The standard InChI is InChI=1S/C33H26O5/c1-3-36-28-18-20-31-29(21-28)32(22(2)37-31)33(35)38-27-16-9-23(10-17-27)11-19-30(34)26-14-12-25(13-15-26)24-7-5-4-6-8-24/h4-21H,3H2,1-2H3. The molecule has 0 bridgehead atoms. The lowest BCUT2D eigenvalue weighted by Crippen LogP contribution is -2.09. The van der Waals surface area contributed by atoms with Gasteiger partial charge in [0.05, 0.1) is 6.61 Å². The minimum atomic E-state index is -0.507. The number of carbonyl (C=O) groups excluding carboxylic acids is 2. The number of hydrogen-bond acceptors (Lipinski definition) is 5. The molecule has 0 N–H and O–H groups in total. The van der Waals surface area contributed by atoms with Gasteiger partial charge in [-0.15, -0.1) is 0 Å². The Morgan fingerprint density at radius 2 is 1.50 bits per heavy atom. The first-order chi connectivity index (χ1) is 18.5. The van der Waals surface area contributed by atoms with Crippen LogP contribution in [0.1, 0.15) is 39.0 Å². The molecular formula is C33H26O5. The van der Waals surface area contributed by atoms with Gasteiger partial charge in [0.2, 0.25) is 0 Å². The first-order valence-electron chi connectivity index (χ1n) is 12.4. The van der Waals surface area contributed by atoms with E-state index < -0.39 is 5.97 Å². The fourth-order valence-corrected chi connectivity index (χ4v) is 4.24. The Morgan fingerprint density at radius 1 is 0.816 bits per heavy atom. The maximum absolute atomic E-state index is 13.0. The average Bonchev–Trinajstić information content (AvgIpc) is 3.28. The summed E-state index contributed by atoms with van der Waals surface area (Å²) < 4.78 is 16.9. The smallest absolute Gasteiger partial charge is 0.347 e. The minimum Gasteiger partial charge on any atom is -0.494 e. The van der Waals surface area contributed by atoms with Crippen LogP contribution in [0.5, 0.6) is 11.5 Å². The summed E-state index contributed by atoms with van der Waals surface area (Å²) in [5.41, 5.74) is 4.55. The molecule has 1 heterocycles. The number of hydrogen-bond donors (Lipinski definition) is 0. The zero-order chi connectivity index (χ0) is 26.5. The molecule has 4 aromatic carbocycles. The van der Waals surface area contributed by atoms with Crippen LogP contribution in [0.15, 0.2) is 108 Å². The molecule has 0 radical (unpaired) electrons. The highest BCUT2D eigenvalue weighted by Gasteiger charge is 2.21. The van der Waals surface area contributed by atoms with Crippen molar-refractivity contribution in [2.45, 2.75) is 13.8 Å². The molecule has 38 heavy (non-hydrogen) atoms. The summed E-state index contributed by atoms with van der Waals surface area (Å²) in [5.74, 6) is 0.937. The van der Waals surface area contributed by atoms with Crippen molar-refractivity contribution in [2.24, 2.45) is 0 Å². The predicted octanol–water partition coefficient (Wildman–Crippen LogP) is 7.92. The summed E-state index contributed by atoms with van der Waals surface area (Å²) >= 11 is 0. The topological polar surface area (TPSA) is 65.7 Å². The van der Waals surface area contributed by atoms with Gasteiger partial charge in [-0.1, -0.05) is 72.8 Å². The molecule has 1 aromatic heterocycles. The molecule has 0 spiro atoms. The number of rotatable bonds is 8. The molecule has 188 valence electrons. The van der Waals surface area contributed by atoms with E-state index in [2.05, 4.69) is 0 Å². The first kappa shape index (κ1) is 24.8. The van der Waals surface area contributed by atoms with Gasteiger partial charge in [0.1, 0.15) is 28.4 Å². The summed E-state index contributed by atoms with van der Waals surface area (Å²) in [6.45, 7) is 4.16. The lowest BCUT2D eigenvalue weighted by molar-refractivity contribution is 0.0734. The number of ketones is 1. The van der Waals surface area contributed by atoms with Crippen molar-refractivity contribution < 1.29 is 23.5 Å². The molecule has 0 aliphatic carbocycles. The maximum Gasteiger partial charge on any atom is 0.347 e. The van der Waals surface area contributed by atoms with Crippen molar-refractivity contribution in [3.05, 3.63) is 126 Å². The van der Waals surface area contributed by atoms with Crippen molar-refractivity contribution in [1.29, 1.82) is 0 Å². The van der Waals surface area contributed by atoms with Crippen LogP contribution in [0.3, 0.4) is 0 Å². The molecule has 5 rings (SSSR count). The summed E-state index contributed by atoms with van der Waals surface area (Å²) in [7, 11) is 0. The Hall–Kier alpha value is -4.90. The highest BCUT2D eigenvalue weighted by atomic mass is 16.5. The van der Waals surface area contributed by atoms with Gasteiger partial charge in [0, 0.05) is 10.9 Å². The normalized spacial score (nSPS) is 11.1. The van der Waals surface area contributed by atoms with E-state index in [1.165, 1.54) is 6.08 Å². The Morgan fingerprint density at radius 3 is 2.21 bits per heavy atom. The summed E-state index contributed by atoms with van der Waals surface area (Å²) in [5, 5.41) is 0.647. The number of carbonyl (C=O) groups is 2. The maximum atomic E-state index is 13.0. The van der Waals surface area contributed by atoms with Crippen molar-refractivity contribution >= 4 is 28.8 Å². The van der Waals surface area contributed by atoms with Crippen LogP contribution in [0, 0.1) is 6.92 Å². The van der Waals surface area contributed by atoms with Crippen LogP contribution in [0.25, 0.3) is 28.2 Å². The largest absolute Gasteiger partial charge is 0.494 e. The second kappa shape index (κ2) is 11.0. The molecule has 0 amide bonds. The number of fused-ring (bicyclic) bond motifs is 1. The van der Waals surface area contributed by atoms with E-state index in [0.29, 0.717) is 46.0 Å². The minimum absolute atomic E-state index is 0.0890. The van der Waals surface area contributed by atoms with E-state index in [9.17, 15) is 9.59 Å². The lowest BCUT2D eigenvalue weighted by atomic mass is 10.0. The van der Waals surface area contributed by atoms with Gasteiger partial charge in [-0.25, -0.2) is 4.79 Å². The van der Waals surface area contributed by atoms with Gasteiger partial charge >= 0.3 is 5.97 Å². The van der Waals surface area contributed by atoms with E-state index >= 15 is 0 Å². The molecule has 0 atom stereocenters. The quantitative estimate of drug-likeness (QED) is 0.0933. The monoisotopic (exact) mass is 502 g/mol. The number of allylic oxidation sites excluding steroid dienone is 1. The molecule has 0 saturated heterocycles. The SMILES string of the molecule is CCOc1ccc2oc(C)c(C(=O)Oc3ccc(C=CC(=O)c4ccc(-c5ccccc5)cc4)cc3)c2c1. The first-order valence-corrected chi connectivity index (χ1v) is 12.4. The number of benzene rings is 4. The second-order valence-electron chi connectivity index (χ2n) is 8.72. The molecule has 5 heteroatoms. The van der Waals surface area contributed by atoms with Crippen LogP contribution in [0.4, 0.5) is 0 Å². The average molecular weight is 503 g/mol. The van der Waals surface area contributed by atoms with Crippen LogP contribution < -0.4 is 9.47 Å². The van der Waals surface area contributed by atoms with E-state index in [0.717, 1.165) is 16.7 Å². The number of esters is 1. The van der Waals surface area contributed by atoms with Crippen LogP contribution in [-0.2, 0) is 0 Å². The predicted molar refractivity (Wildman–Crippen MR) is 149 cm³/mol. The van der Waals surface area contributed by atoms with Crippen LogP contribution in [0.2, 0.25) is 0 Å². The molecule has 0 unspecified atom stereocenters. The number of aryl methyl sites for hydroxylation is 1. The van der Waals surface area contributed by atoms with Gasteiger partial charge in [-0.3, -0.25) is 4.79 Å². The molecule has 0 aliphatic heterocycles. The van der Waals surface area contributed by atoms with Crippen molar-refractivity contribution in [3.8, 4) is 22.6 Å². The Kier molecular flexibility index (Phi) is 7.18. The molecule has 5 aromatic rings. The lowest BCUT2D eigenvalue weighted by Gasteiger charge is -2.05. The van der Waals surface area contributed by atoms with Gasteiger partial charge in [-0.2, -0.15) is 0 Å². The third-order valence-electron chi connectivity index (χ3n) is 6.14. The van der Waals surface area contributed by atoms with Gasteiger partial charge < -0.3 is 13.9 Å². The highest BCUT2D eigenvalue weighted by Crippen LogP contribution is 2.30. The summed E-state index contributed by atoms with van der Waals surface area (Å²) in [6, 6.07) is 29.9. The molecule has 0 saturated carbocycles. The zero-order valence-electron chi connectivity index (χ0n) is 21.1. The van der Waals surface area contributed by atoms with Gasteiger partial charge in [0.15, 0.2) is 5.78 Å². The fourth-order valence-electron chi connectivity index (χ4n) is 4.24. The summed E-state index contributed by atoms with van der Waals surface area (Å²) in [6.07, 6.45) is 3.28. The molecule has 0 aliphatic rings. The Balaban J connectivity index is 1.25. The van der Waals surface area contributed by atoms with E-state index in [-0.39, 0.29) is 5.78 Å². The number of ether oxygens (including phenoxy) is 2. The van der Waals surface area contributed by atoms with Crippen LogP contribution >= 0.6 is 0 Å². The van der Waals surface area contributed by atoms with E-state index in [1.807, 2.05) is 61.5 Å². The number of furan rings is 1. The fraction of sp³-hybridized carbons (Fsp3) is 0.0909. The Labute approximate surface area is 220 Å². The second-order valence-corrected chi connectivity index (χ2v) is 8.72. The Bertz CT molecular complexity index is 1610. The van der Waals surface area contributed by atoms with Crippen molar-refractivity contribution in [1.82, 2.24) is 0 Å². The van der Waals surface area contributed by atoms with E-state index in [1.54, 1.807) is 55.5 Å². The third-order valence-corrected chi connectivity index (χ3v) is 6.14. The van der Waals surface area contributed by atoms with Gasteiger partial charge in [0.25, 0.3) is 0 Å². The summed E-state index contributed by atoms with van der Waals surface area (Å²) in [4.78, 5) is 25.6. The van der Waals surface area contributed by atoms with E-state index in [4.69, 9.17) is 13.9 Å². The van der Waals surface area contributed by atoms with Crippen molar-refractivity contribution in [3.63, 3.8) is 0 Å².